The lowest BCUT2D eigenvalue weighted by molar-refractivity contribution is -0.683. The Labute approximate surface area is 107 Å². The van der Waals surface area contributed by atoms with Gasteiger partial charge in [0.05, 0.1) is 10.9 Å². The Bertz CT molecular complexity index is 527. The van der Waals surface area contributed by atoms with Gasteiger partial charge in [0.1, 0.15) is 0 Å². The second-order valence-corrected chi connectivity index (χ2v) is 5.60. The summed E-state index contributed by atoms with van der Waals surface area (Å²) >= 11 is 1.88. The summed E-state index contributed by atoms with van der Waals surface area (Å²) in [5.74, 6) is 0. The van der Waals surface area contributed by atoms with Gasteiger partial charge < -0.3 is 0 Å². The molecule has 0 bridgehead atoms. The molecule has 2 heterocycles. The van der Waals surface area contributed by atoms with E-state index in [9.17, 15) is 0 Å². The van der Waals surface area contributed by atoms with E-state index < -0.39 is 0 Å². The SMILES string of the molecule is CCCCc1cccc2c1-c1scc[n+]1CC2. The van der Waals surface area contributed by atoms with E-state index in [2.05, 4.69) is 41.3 Å². The topological polar surface area (TPSA) is 3.88 Å². The Morgan fingerprint density at radius 2 is 2.29 bits per heavy atom. The van der Waals surface area contributed by atoms with E-state index in [1.807, 2.05) is 11.3 Å². The molecule has 0 atom stereocenters. The van der Waals surface area contributed by atoms with Gasteiger partial charge in [-0.25, -0.2) is 0 Å². The summed E-state index contributed by atoms with van der Waals surface area (Å²) in [6, 6.07) is 6.84. The van der Waals surface area contributed by atoms with Crippen LogP contribution in [0.15, 0.2) is 29.8 Å². The van der Waals surface area contributed by atoms with Gasteiger partial charge in [0.2, 0.25) is 0 Å². The quantitative estimate of drug-likeness (QED) is 0.726. The Morgan fingerprint density at radius 3 is 3.18 bits per heavy atom. The predicted octanol–water partition coefficient (Wildman–Crippen LogP) is 3.60. The van der Waals surface area contributed by atoms with Crippen LogP contribution in [0, 0.1) is 0 Å². The van der Waals surface area contributed by atoms with Crippen molar-refractivity contribution in [3.8, 4) is 10.6 Å². The number of aryl methyl sites for hydroxylation is 3. The van der Waals surface area contributed by atoms with Crippen molar-refractivity contribution in [2.75, 3.05) is 0 Å². The molecule has 0 saturated heterocycles. The summed E-state index contributed by atoms with van der Waals surface area (Å²) in [6.45, 7) is 3.41. The fraction of sp³-hybridized carbons (Fsp3) is 0.400. The second-order valence-electron chi connectivity index (χ2n) is 4.71. The molecular formula is C15H18NS+. The number of thiazole rings is 1. The van der Waals surface area contributed by atoms with Gasteiger partial charge in [-0.3, -0.25) is 0 Å². The van der Waals surface area contributed by atoms with E-state index in [1.54, 1.807) is 11.1 Å². The molecule has 0 saturated carbocycles. The van der Waals surface area contributed by atoms with Crippen LogP contribution >= 0.6 is 11.3 Å². The van der Waals surface area contributed by atoms with Crippen molar-refractivity contribution in [3.05, 3.63) is 40.9 Å². The Morgan fingerprint density at radius 1 is 1.35 bits per heavy atom. The maximum absolute atomic E-state index is 2.41. The van der Waals surface area contributed by atoms with Crippen LogP contribution in [0.25, 0.3) is 10.6 Å². The summed E-state index contributed by atoms with van der Waals surface area (Å²) in [5.41, 5.74) is 4.61. The van der Waals surface area contributed by atoms with E-state index in [0.29, 0.717) is 0 Å². The first-order valence-corrected chi connectivity index (χ1v) is 7.36. The molecule has 0 fully saturated rings. The molecular weight excluding hydrogens is 226 g/mol. The standard InChI is InChI=1S/C15H18NS/c1-2-3-5-12-6-4-7-13-8-9-16-10-11-17-15(16)14(12)13/h4,6-7,10-11H,2-3,5,8-9H2,1H3/q+1. The first-order valence-electron chi connectivity index (χ1n) is 6.48. The van der Waals surface area contributed by atoms with Crippen LogP contribution in [0.5, 0.6) is 0 Å². The summed E-state index contributed by atoms with van der Waals surface area (Å²) in [5, 5.41) is 3.67. The van der Waals surface area contributed by atoms with E-state index in [-0.39, 0.29) is 0 Å². The van der Waals surface area contributed by atoms with Crippen LogP contribution in [0.4, 0.5) is 0 Å². The molecule has 0 unspecified atom stereocenters. The molecule has 1 aromatic carbocycles. The average Bonchev–Trinajstić information content (AvgIpc) is 2.84. The van der Waals surface area contributed by atoms with E-state index in [1.165, 1.54) is 36.3 Å². The van der Waals surface area contributed by atoms with Crippen molar-refractivity contribution < 1.29 is 4.57 Å². The molecule has 2 heteroatoms. The highest BCUT2D eigenvalue weighted by Crippen LogP contribution is 2.32. The fourth-order valence-electron chi connectivity index (χ4n) is 2.64. The van der Waals surface area contributed by atoms with Crippen LogP contribution in [0.1, 0.15) is 30.9 Å². The van der Waals surface area contributed by atoms with E-state index in [4.69, 9.17) is 0 Å². The van der Waals surface area contributed by atoms with Crippen LogP contribution in [-0.4, -0.2) is 0 Å². The highest BCUT2D eigenvalue weighted by molar-refractivity contribution is 7.12. The van der Waals surface area contributed by atoms with Gasteiger partial charge in [0, 0.05) is 6.42 Å². The highest BCUT2D eigenvalue weighted by atomic mass is 32.1. The molecule has 0 N–H and O–H groups in total. The minimum absolute atomic E-state index is 1.14. The molecule has 1 aromatic heterocycles. The minimum Gasteiger partial charge on any atom is -0.188 e. The Kier molecular flexibility index (Phi) is 2.98. The van der Waals surface area contributed by atoms with Crippen LogP contribution in [-0.2, 0) is 19.4 Å². The molecule has 3 rings (SSSR count). The summed E-state index contributed by atoms with van der Waals surface area (Å²) in [7, 11) is 0. The predicted molar refractivity (Wildman–Crippen MR) is 72.3 cm³/mol. The number of nitrogens with zero attached hydrogens (tertiary/aromatic N) is 1. The zero-order chi connectivity index (χ0) is 11.7. The molecule has 17 heavy (non-hydrogen) atoms. The largest absolute Gasteiger partial charge is 0.269 e. The maximum Gasteiger partial charge on any atom is 0.269 e. The molecule has 1 aliphatic heterocycles. The maximum atomic E-state index is 2.41. The van der Waals surface area contributed by atoms with Crippen molar-refractivity contribution in [3.63, 3.8) is 0 Å². The van der Waals surface area contributed by atoms with Gasteiger partial charge in [-0.1, -0.05) is 42.9 Å². The van der Waals surface area contributed by atoms with Crippen molar-refractivity contribution in [1.29, 1.82) is 0 Å². The number of rotatable bonds is 3. The zero-order valence-corrected chi connectivity index (χ0v) is 11.1. The molecule has 2 aromatic rings. The number of unbranched alkanes of at least 4 members (excludes halogenated alkanes) is 1. The first kappa shape index (κ1) is 11.0. The van der Waals surface area contributed by atoms with Gasteiger partial charge in [0.25, 0.3) is 5.01 Å². The number of hydrogen-bond donors (Lipinski definition) is 0. The molecule has 0 aliphatic carbocycles. The van der Waals surface area contributed by atoms with Gasteiger partial charge in [-0.2, -0.15) is 4.57 Å². The zero-order valence-electron chi connectivity index (χ0n) is 10.3. The lowest BCUT2D eigenvalue weighted by Gasteiger charge is -2.15. The number of aromatic nitrogens is 1. The third kappa shape index (κ3) is 1.91. The lowest BCUT2D eigenvalue weighted by atomic mass is 9.94. The average molecular weight is 244 g/mol. The van der Waals surface area contributed by atoms with Crippen molar-refractivity contribution in [2.24, 2.45) is 0 Å². The van der Waals surface area contributed by atoms with Crippen molar-refractivity contribution in [2.45, 2.75) is 39.2 Å². The third-order valence-corrected chi connectivity index (χ3v) is 4.47. The van der Waals surface area contributed by atoms with Crippen molar-refractivity contribution in [1.82, 2.24) is 0 Å². The number of benzene rings is 1. The smallest absolute Gasteiger partial charge is 0.188 e. The van der Waals surface area contributed by atoms with Gasteiger partial charge in [-0.05, 0) is 24.0 Å². The number of hydrogen-bond acceptors (Lipinski definition) is 1. The highest BCUT2D eigenvalue weighted by Gasteiger charge is 2.25. The Hall–Kier alpha value is -1.15. The van der Waals surface area contributed by atoms with Crippen LogP contribution in [0.2, 0.25) is 0 Å². The van der Waals surface area contributed by atoms with E-state index in [0.717, 1.165) is 6.54 Å². The van der Waals surface area contributed by atoms with Crippen LogP contribution < -0.4 is 4.57 Å². The fourth-order valence-corrected chi connectivity index (χ4v) is 3.64. The number of fused-ring (bicyclic) bond motifs is 3. The van der Waals surface area contributed by atoms with Crippen molar-refractivity contribution >= 4 is 11.3 Å². The Balaban J connectivity index is 2.09. The first-order chi connectivity index (χ1) is 8.40. The molecule has 0 spiro atoms. The monoisotopic (exact) mass is 244 g/mol. The molecule has 0 radical (unpaired) electrons. The van der Waals surface area contributed by atoms with E-state index >= 15 is 0 Å². The summed E-state index contributed by atoms with van der Waals surface area (Å²) in [6.07, 6.45) is 7.19. The molecule has 88 valence electrons. The summed E-state index contributed by atoms with van der Waals surface area (Å²) in [4.78, 5) is 0. The normalized spacial score (nSPS) is 13.2. The van der Waals surface area contributed by atoms with Gasteiger partial charge >= 0.3 is 0 Å². The van der Waals surface area contributed by atoms with Gasteiger partial charge in [-0.15, -0.1) is 0 Å². The molecule has 1 aliphatic rings. The molecule has 1 nitrogen and oxygen atoms in total. The van der Waals surface area contributed by atoms with Crippen LogP contribution in [0.3, 0.4) is 0 Å². The second kappa shape index (κ2) is 4.61. The summed E-state index contributed by atoms with van der Waals surface area (Å²) < 4.78 is 2.41. The lowest BCUT2D eigenvalue weighted by Crippen LogP contribution is -2.37. The minimum atomic E-state index is 1.14. The molecule has 0 amide bonds. The third-order valence-electron chi connectivity index (χ3n) is 3.55. The van der Waals surface area contributed by atoms with Gasteiger partial charge in [0.15, 0.2) is 12.7 Å².